The molecule has 5 rings (SSSR count). The summed E-state index contributed by atoms with van der Waals surface area (Å²) in [6.07, 6.45) is 3.65. The summed E-state index contributed by atoms with van der Waals surface area (Å²) in [6.45, 7) is 13.9. The first kappa shape index (κ1) is 32.7. The van der Waals surface area contributed by atoms with Gasteiger partial charge in [0.25, 0.3) is 5.91 Å². The first-order valence-corrected chi connectivity index (χ1v) is 16.0. The van der Waals surface area contributed by atoms with Gasteiger partial charge in [0.05, 0.1) is 47.9 Å². The normalized spacial score (nSPS) is 25.6. The highest BCUT2D eigenvalue weighted by Crippen LogP contribution is 2.59. The van der Waals surface area contributed by atoms with E-state index in [4.69, 9.17) is 21.1 Å². The Labute approximate surface area is 270 Å². The molecular formula is C35H42ClN3O6. The van der Waals surface area contributed by atoms with Crippen LogP contribution in [0.15, 0.2) is 73.8 Å². The Morgan fingerprint density at radius 1 is 1.11 bits per heavy atom. The second-order valence-corrected chi connectivity index (χ2v) is 12.6. The second-order valence-electron chi connectivity index (χ2n) is 12.1. The van der Waals surface area contributed by atoms with E-state index in [0.717, 1.165) is 0 Å². The summed E-state index contributed by atoms with van der Waals surface area (Å²) in [7, 11) is 0. The van der Waals surface area contributed by atoms with Gasteiger partial charge in [-0.2, -0.15) is 0 Å². The zero-order chi connectivity index (χ0) is 32.5. The maximum atomic E-state index is 14.8. The number of nitrogens with zero attached hydrogens (tertiary/aromatic N) is 3. The van der Waals surface area contributed by atoms with Crippen molar-refractivity contribution >= 4 is 40.7 Å². The lowest BCUT2D eigenvalue weighted by molar-refractivity contribution is -0.145. The fourth-order valence-corrected chi connectivity index (χ4v) is 7.64. The first-order valence-electron chi connectivity index (χ1n) is 15.6. The van der Waals surface area contributed by atoms with E-state index in [2.05, 4.69) is 13.2 Å². The highest BCUT2D eigenvalue weighted by atomic mass is 35.5. The molecule has 3 amide bonds. The molecule has 1 N–H and O–H groups in total. The lowest BCUT2D eigenvalue weighted by atomic mass is 9.70. The van der Waals surface area contributed by atoms with Crippen LogP contribution in [0.3, 0.4) is 0 Å². The fraction of sp³-hybridized carbons (Fsp3) is 0.457. The van der Waals surface area contributed by atoms with Crippen LogP contribution in [0.4, 0.5) is 11.4 Å². The summed E-state index contributed by atoms with van der Waals surface area (Å²) in [5.41, 5.74) is -0.128. The van der Waals surface area contributed by atoms with Crippen LogP contribution in [-0.4, -0.2) is 77.8 Å². The van der Waals surface area contributed by atoms with Gasteiger partial charge in [0.1, 0.15) is 17.4 Å². The third-order valence-corrected chi connectivity index (χ3v) is 9.65. The van der Waals surface area contributed by atoms with E-state index in [1.807, 2.05) is 32.9 Å². The number of aliphatic hydroxyl groups excluding tert-OH is 1. The van der Waals surface area contributed by atoms with Gasteiger partial charge in [-0.1, -0.05) is 49.7 Å². The predicted octanol–water partition coefficient (Wildman–Crippen LogP) is 4.87. The molecule has 2 unspecified atom stereocenters. The molecule has 240 valence electrons. The van der Waals surface area contributed by atoms with Crippen LogP contribution in [0.5, 0.6) is 5.75 Å². The predicted molar refractivity (Wildman–Crippen MR) is 174 cm³/mol. The molecule has 3 saturated heterocycles. The minimum absolute atomic E-state index is 0.143. The molecule has 45 heavy (non-hydrogen) atoms. The van der Waals surface area contributed by atoms with E-state index in [0.29, 0.717) is 41.6 Å². The molecule has 3 heterocycles. The monoisotopic (exact) mass is 635 g/mol. The highest BCUT2D eigenvalue weighted by molar-refractivity contribution is 6.34. The van der Waals surface area contributed by atoms with Crippen molar-refractivity contribution in [2.24, 2.45) is 17.8 Å². The molecule has 3 aliphatic rings. The topological polar surface area (TPSA) is 99.6 Å². The molecule has 0 aromatic heterocycles. The van der Waals surface area contributed by atoms with Crippen molar-refractivity contribution in [1.29, 1.82) is 0 Å². The van der Waals surface area contributed by atoms with Gasteiger partial charge in [0, 0.05) is 18.8 Å². The quantitative estimate of drug-likeness (QED) is 0.316. The maximum absolute atomic E-state index is 14.8. The van der Waals surface area contributed by atoms with Gasteiger partial charge in [0.15, 0.2) is 0 Å². The van der Waals surface area contributed by atoms with Gasteiger partial charge in [-0.25, -0.2) is 0 Å². The summed E-state index contributed by atoms with van der Waals surface area (Å²) < 4.78 is 12.3. The van der Waals surface area contributed by atoms with Crippen molar-refractivity contribution in [3.05, 3.63) is 78.9 Å². The maximum Gasteiger partial charge on any atom is 0.253 e. The Bertz CT molecular complexity index is 1450. The van der Waals surface area contributed by atoms with E-state index in [9.17, 15) is 19.5 Å². The molecular weight excluding hydrogens is 594 g/mol. The standard InChI is InChI=1S/C35H42ClN3O6/c1-6-19-37(23-13-15-24(16-14-23)44-8-3)32(41)29-28-17-18-35(45-28)30(29)33(42)39(27(21-40)22(4)5)31(35)34(43)38(20-7-2)26-12-10-9-11-25(26)36/h6-7,9-16,22,27-31,40H,1-2,8,17-21H2,3-5H3/t27-,28+,29-,30-,31?,35?/m0/s1. The molecule has 3 fully saturated rings. The zero-order valence-corrected chi connectivity index (χ0v) is 26.9. The lowest BCUT2D eigenvalue weighted by Crippen LogP contribution is -2.59. The number of likely N-dealkylation sites (tertiary alicyclic amines) is 1. The number of carbonyl (C=O) groups excluding carboxylic acids is 3. The molecule has 10 heteroatoms. The van der Waals surface area contributed by atoms with Crippen LogP contribution >= 0.6 is 11.6 Å². The van der Waals surface area contributed by atoms with Crippen molar-refractivity contribution in [2.45, 2.75) is 57.4 Å². The van der Waals surface area contributed by atoms with E-state index in [-0.39, 0.29) is 43.3 Å². The van der Waals surface area contributed by atoms with Gasteiger partial charge in [0.2, 0.25) is 11.8 Å². The number of halogens is 1. The number of anilines is 2. The Hall–Kier alpha value is -3.66. The third kappa shape index (κ3) is 5.55. The van der Waals surface area contributed by atoms with Gasteiger partial charge >= 0.3 is 0 Å². The number of para-hydroxylation sites is 1. The van der Waals surface area contributed by atoms with Crippen LogP contribution in [0.1, 0.15) is 33.6 Å². The van der Waals surface area contributed by atoms with Crippen molar-refractivity contribution in [3.8, 4) is 5.75 Å². The summed E-state index contributed by atoms with van der Waals surface area (Å²) >= 11 is 6.57. The minimum Gasteiger partial charge on any atom is -0.494 e. The van der Waals surface area contributed by atoms with Crippen LogP contribution < -0.4 is 14.5 Å². The molecule has 6 atom stereocenters. The van der Waals surface area contributed by atoms with Crippen molar-refractivity contribution in [3.63, 3.8) is 0 Å². The van der Waals surface area contributed by atoms with Crippen LogP contribution in [0, 0.1) is 17.8 Å². The largest absolute Gasteiger partial charge is 0.494 e. The number of aliphatic hydroxyl groups is 1. The average Bonchev–Trinajstić information content (AvgIpc) is 3.67. The Morgan fingerprint density at radius 2 is 1.78 bits per heavy atom. The van der Waals surface area contributed by atoms with Crippen LogP contribution in [0.2, 0.25) is 5.02 Å². The number of hydrogen-bond acceptors (Lipinski definition) is 6. The fourth-order valence-electron chi connectivity index (χ4n) is 7.40. The zero-order valence-electron chi connectivity index (χ0n) is 26.1. The molecule has 0 aliphatic carbocycles. The van der Waals surface area contributed by atoms with Gasteiger partial charge in [-0.3, -0.25) is 14.4 Å². The molecule has 2 aromatic carbocycles. The molecule has 1 spiro atoms. The van der Waals surface area contributed by atoms with Crippen molar-refractivity contribution < 1.29 is 29.0 Å². The number of fused-ring (bicyclic) bond motifs is 1. The number of ether oxygens (including phenoxy) is 2. The summed E-state index contributed by atoms with van der Waals surface area (Å²) in [5.74, 6) is -2.23. The number of amides is 3. The van der Waals surface area contributed by atoms with E-state index in [1.165, 1.54) is 9.80 Å². The molecule has 0 saturated carbocycles. The number of carbonyl (C=O) groups is 3. The van der Waals surface area contributed by atoms with Gasteiger partial charge in [-0.15, -0.1) is 13.2 Å². The molecule has 3 aliphatic heterocycles. The molecule has 9 nitrogen and oxygen atoms in total. The Morgan fingerprint density at radius 3 is 2.38 bits per heavy atom. The highest BCUT2D eigenvalue weighted by Gasteiger charge is 2.75. The third-order valence-electron chi connectivity index (χ3n) is 9.33. The van der Waals surface area contributed by atoms with E-state index in [1.54, 1.807) is 53.5 Å². The summed E-state index contributed by atoms with van der Waals surface area (Å²) in [4.78, 5) is 48.5. The minimum atomic E-state index is -1.25. The van der Waals surface area contributed by atoms with Crippen LogP contribution in [-0.2, 0) is 19.1 Å². The average molecular weight is 636 g/mol. The van der Waals surface area contributed by atoms with Crippen LogP contribution in [0.25, 0.3) is 0 Å². The number of rotatable bonds is 13. The molecule has 2 bridgehead atoms. The van der Waals surface area contributed by atoms with Gasteiger partial charge in [-0.05, 0) is 62.1 Å². The van der Waals surface area contributed by atoms with E-state index >= 15 is 0 Å². The van der Waals surface area contributed by atoms with Gasteiger partial charge < -0.3 is 29.3 Å². The van der Waals surface area contributed by atoms with Crippen molar-refractivity contribution in [2.75, 3.05) is 36.1 Å². The van der Waals surface area contributed by atoms with E-state index < -0.39 is 35.6 Å². The Balaban J connectivity index is 1.59. The number of hydrogen-bond donors (Lipinski definition) is 1. The molecule has 2 aromatic rings. The smallest absolute Gasteiger partial charge is 0.253 e. The second kappa shape index (κ2) is 13.4. The Kier molecular flexibility index (Phi) is 9.72. The summed E-state index contributed by atoms with van der Waals surface area (Å²) in [6, 6.07) is 12.5. The van der Waals surface area contributed by atoms with Crippen molar-refractivity contribution in [1.82, 2.24) is 4.90 Å². The number of benzene rings is 2. The summed E-state index contributed by atoms with van der Waals surface area (Å²) in [5, 5.41) is 10.9. The lowest BCUT2D eigenvalue weighted by Gasteiger charge is -2.40. The SMILES string of the molecule is C=CCN(C(=O)[C@@H]1[C@H]2C(=O)N([C@@H](CO)C(C)C)C(C(=O)N(CC=C)c3ccccc3Cl)C23CC[C@H]1O3)c1ccc(OCC)cc1. The molecule has 0 radical (unpaired) electrons. The first-order chi connectivity index (χ1) is 21.6.